The molecule has 5 aromatic rings. The molecule has 0 aliphatic heterocycles. The first-order valence-corrected chi connectivity index (χ1v) is 12.0. The fourth-order valence-electron chi connectivity index (χ4n) is 5.46. The molecule has 0 radical (unpaired) electrons. The van der Waals surface area contributed by atoms with Crippen LogP contribution in [0.1, 0.15) is 29.5 Å². The summed E-state index contributed by atoms with van der Waals surface area (Å²) in [6.45, 7) is 0. The van der Waals surface area contributed by atoms with E-state index in [1.54, 1.807) is 24.3 Å². The molecule has 3 aromatic heterocycles. The van der Waals surface area contributed by atoms with Crippen LogP contribution in [0.4, 0.5) is 17.6 Å². The highest BCUT2D eigenvalue weighted by atomic mass is 19.4. The molecule has 1 aliphatic carbocycles. The number of benzene rings is 2. The van der Waals surface area contributed by atoms with Crippen molar-refractivity contribution in [2.75, 3.05) is 0 Å². The molecule has 0 unspecified atom stereocenters. The fourth-order valence-corrected chi connectivity index (χ4v) is 5.46. The molecule has 5 N–H and O–H groups in total. The van der Waals surface area contributed by atoms with E-state index >= 15 is 0 Å². The second kappa shape index (κ2) is 8.54. The van der Waals surface area contributed by atoms with Crippen molar-refractivity contribution in [2.45, 2.75) is 31.9 Å². The Morgan fingerprint density at radius 3 is 2.45 bits per heavy atom. The molecule has 192 valence electrons. The molecule has 1 aliphatic rings. The van der Waals surface area contributed by atoms with Crippen molar-refractivity contribution in [1.29, 1.82) is 10.8 Å². The van der Waals surface area contributed by atoms with Crippen LogP contribution in [0.5, 0.6) is 5.88 Å². The van der Waals surface area contributed by atoms with E-state index in [1.165, 1.54) is 12.1 Å². The lowest BCUT2D eigenvalue weighted by molar-refractivity contribution is -0.0577. The number of hydrogen-bond acceptors (Lipinski definition) is 4. The monoisotopic (exact) mass is 519 g/mol. The second-order valence-electron chi connectivity index (χ2n) is 9.42. The van der Waals surface area contributed by atoms with Crippen LogP contribution in [0.3, 0.4) is 0 Å². The van der Waals surface area contributed by atoms with Crippen molar-refractivity contribution in [2.24, 2.45) is 0 Å². The molecular weight excluding hydrogens is 498 g/mol. The Hall–Kier alpha value is -4.47. The Balaban J connectivity index is 1.64. The molecule has 0 bridgehead atoms. The van der Waals surface area contributed by atoms with Gasteiger partial charge in [-0.05, 0) is 79.3 Å². The van der Waals surface area contributed by atoms with E-state index < -0.39 is 23.3 Å². The van der Waals surface area contributed by atoms with Gasteiger partial charge in [-0.1, -0.05) is 0 Å². The van der Waals surface area contributed by atoms with Crippen LogP contribution in [0.15, 0.2) is 36.4 Å². The van der Waals surface area contributed by atoms with Gasteiger partial charge in [0, 0.05) is 44.5 Å². The van der Waals surface area contributed by atoms with Gasteiger partial charge in [0.15, 0.2) is 5.88 Å². The zero-order valence-corrected chi connectivity index (χ0v) is 19.9. The van der Waals surface area contributed by atoms with E-state index in [0.717, 1.165) is 29.2 Å². The Kier molecular flexibility index (Phi) is 5.37. The summed E-state index contributed by atoms with van der Waals surface area (Å²) < 4.78 is 54.1. The summed E-state index contributed by atoms with van der Waals surface area (Å²) in [5.74, 6) is -0.546. The molecular formula is C28H21F4N5O. The highest BCUT2D eigenvalue weighted by molar-refractivity contribution is 6.37. The number of H-pyrrole nitrogens is 2. The zero-order chi connectivity index (χ0) is 26.8. The highest BCUT2D eigenvalue weighted by Gasteiger charge is 2.37. The van der Waals surface area contributed by atoms with Gasteiger partial charge in [0.25, 0.3) is 0 Å². The van der Waals surface area contributed by atoms with Gasteiger partial charge in [0.05, 0.1) is 16.2 Å². The van der Waals surface area contributed by atoms with Crippen LogP contribution in [0, 0.1) is 16.6 Å². The summed E-state index contributed by atoms with van der Waals surface area (Å²) in [5.41, 5.74) is 1.75. The molecule has 0 fully saturated rings. The largest absolute Gasteiger partial charge is 0.494 e. The number of hydrogen-bond donors (Lipinski definition) is 5. The van der Waals surface area contributed by atoms with E-state index in [2.05, 4.69) is 15.0 Å². The lowest BCUT2D eigenvalue weighted by Crippen LogP contribution is -2.32. The van der Waals surface area contributed by atoms with Gasteiger partial charge in [0.1, 0.15) is 11.5 Å². The van der Waals surface area contributed by atoms with Crippen molar-refractivity contribution in [3.8, 4) is 5.88 Å². The van der Waals surface area contributed by atoms with Crippen LogP contribution in [0.25, 0.3) is 44.4 Å². The molecule has 6 rings (SSSR count). The topological polar surface area (TPSA) is 112 Å². The number of halogens is 4. The number of nitrogens with zero attached hydrogens (tertiary/aromatic N) is 1. The minimum atomic E-state index is -4.88. The summed E-state index contributed by atoms with van der Waals surface area (Å²) in [6, 6.07) is 9.51. The molecule has 0 saturated carbocycles. The van der Waals surface area contributed by atoms with Gasteiger partial charge >= 0.3 is 6.18 Å². The second-order valence-corrected chi connectivity index (χ2v) is 9.42. The predicted octanol–water partition coefficient (Wildman–Crippen LogP) is 5.13. The third-order valence-corrected chi connectivity index (χ3v) is 7.13. The minimum absolute atomic E-state index is 0.111. The van der Waals surface area contributed by atoms with E-state index in [0.29, 0.717) is 57.5 Å². The number of alkyl halides is 3. The average molecular weight is 520 g/mol. The summed E-state index contributed by atoms with van der Waals surface area (Å²) in [7, 11) is 0. The lowest BCUT2D eigenvalue weighted by atomic mass is 9.87. The number of fused-ring (bicyclic) bond motifs is 6. The summed E-state index contributed by atoms with van der Waals surface area (Å²) in [4.78, 5) is 10.6. The van der Waals surface area contributed by atoms with E-state index in [4.69, 9.17) is 10.8 Å². The highest BCUT2D eigenvalue weighted by Crippen LogP contribution is 2.32. The van der Waals surface area contributed by atoms with E-state index in [-0.39, 0.29) is 11.2 Å². The Morgan fingerprint density at radius 1 is 0.974 bits per heavy atom. The smallest absolute Gasteiger partial charge is 0.433 e. The number of rotatable bonds is 3. The van der Waals surface area contributed by atoms with Crippen LogP contribution >= 0.6 is 0 Å². The standard InChI is InChI=1S/C28H21F4N5O/c29-13-5-6-21-17(9-13)18(27(38)37-21)10-14-11-19-22(35-14)7-8-23-24(19)15-3-1-2-4-16(15)25(36-23)20(12-33)26(34)28(30,31)32/h5-12,33-34,36-38H,1-4H2. The van der Waals surface area contributed by atoms with E-state index in [1.807, 2.05) is 6.07 Å². The average Bonchev–Trinajstić information content (AvgIpc) is 3.44. The molecule has 10 heteroatoms. The molecule has 0 atom stereocenters. The third kappa shape index (κ3) is 3.75. The zero-order valence-electron chi connectivity index (χ0n) is 19.9. The van der Waals surface area contributed by atoms with Gasteiger partial charge in [-0.3, -0.25) is 5.41 Å². The third-order valence-electron chi connectivity index (χ3n) is 7.13. The fraction of sp³-hybridized carbons (Fsp3) is 0.179. The number of aryl methyl sites for hydroxylation is 1. The van der Waals surface area contributed by atoms with Crippen LogP contribution in [0.2, 0.25) is 0 Å². The van der Waals surface area contributed by atoms with Crippen molar-refractivity contribution in [3.05, 3.63) is 69.6 Å². The molecule has 0 amide bonds. The van der Waals surface area contributed by atoms with Crippen LogP contribution in [-0.2, 0) is 12.8 Å². The van der Waals surface area contributed by atoms with Crippen molar-refractivity contribution in [1.82, 2.24) is 15.0 Å². The van der Waals surface area contributed by atoms with Gasteiger partial charge in [0.2, 0.25) is 0 Å². The van der Waals surface area contributed by atoms with Crippen LogP contribution in [-0.4, -0.2) is 38.2 Å². The van der Waals surface area contributed by atoms with E-state index in [9.17, 15) is 22.7 Å². The van der Waals surface area contributed by atoms with Gasteiger partial charge < -0.3 is 20.5 Å². The minimum Gasteiger partial charge on any atom is -0.494 e. The number of aromatic hydroxyl groups is 1. The summed E-state index contributed by atoms with van der Waals surface area (Å²) in [5, 5.41) is 28.6. The van der Waals surface area contributed by atoms with Crippen LogP contribution < -0.4 is 10.7 Å². The SMILES string of the molecule is N=CC(C(=N)C(F)(F)F)=c1[nH]c2ccc3nc(=Cc4c(O)[nH]c5ccc(F)cc45)cc3c2c2c1CCCC2. The first-order chi connectivity index (χ1) is 18.2. The number of aromatic nitrogens is 3. The quantitative estimate of drug-likeness (QED) is 0.168. The Labute approximate surface area is 212 Å². The summed E-state index contributed by atoms with van der Waals surface area (Å²) in [6.07, 6.45) is 0.194. The number of aromatic amines is 2. The summed E-state index contributed by atoms with van der Waals surface area (Å²) >= 11 is 0. The van der Waals surface area contributed by atoms with Crippen molar-refractivity contribution < 1.29 is 22.7 Å². The number of pyridine rings is 1. The number of nitrogens with one attached hydrogen (secondary N) is 4. The Morgan fingerprint density at radius 2 is 1.71 bits per heavy atom. The normalized spacial score (nSPS) is 15.3. The first-order valence-electron chi connectivity index (χ1n) is 12.0. The lowest BCUT2D eigenvalue weighted by Gasteiger charge is -2.21. The Bertz CT molecular complexity index is 1930. The molecule has 6 nitrogen and oxygen atoms in total. The molecule has 0 saturated heterocycles. The molecule has 2 aromatic carbocycles. The van der Waals surface area contributed by atoms with Gasteiger partial charge in [-0.15, -0.1) is 0 Å². The van der Waals surface area contributed by atoms with Crippen molar-refractivity contribution in [3.63, 3.8) is 0 Å². The maximum atomic E-state index is 13.9. The maximum absolute atomic E-state index is 13.9. The van der Waals surface area contributed by atoms with Gasteiger partial charge in [-0.25, -0.2) is 9.37 Å². The molecule has 38 heavy (non-hydrogen) atoms. The maximum Gasteiger partial charge on any atom is 0.433 e. The van der Waals surface area contributed by atoms with Crippen molar-refractivity contribution >= 4 is 56.3 Å². The first kappa shape index (κ1) is 23.9. The molecule has 3 heterocycles. The predicted molar refractivity (Wildman–Crippen MR) is 139 cm³/mol. The molecule has 0 spiro atoms. The van der Waals surface area contributed by atoms with Gasteiger partial charge in [-0.2, -0.15) is 13.2 Å².